The summed E-state index contributed by atoms with van der Waals surface area (Å²) < 4.78 is 11.2. The third kappa shape index (κ3) is 3.22. The van der Waals surface area contributed by atoms with Gasteiger partial charge in [-0.05, 0) is 13.3 Å². The molecule has 0 spiro atoms. The van der Waals surface area contributed by atoms with Crippen LogP contribution >= 0.6 is 0 Å². The highest BCUT2D eigenvalue weighted by Crippen LogP contribution is 2.00. The average Bonchev–Trinajstić information content (AvgIpc) is 1.98. The van der Waals surface area contributed by atoms with Gasteiger partial charge in [-0.1, -0.05) is 19.4 Å². The van der Waals surface area contributed by atoms with Crippen molar-refractivity contribution < 1.29 is 14.3 Å². The van der Waals surface area contributed by atoms with E-state index in [1.54, 1.807) is 6.08 Å². The lowest BCUT2D eigenvalue weighted by Crippen LogP contribution is -1.98. The summed E-state index contributed by atoms with van der Waals surface area (Å²) in [7, 11) is 0. The first-order chi connectivity index (χ1) is 4.72. The van der Waals surface area contributed by atoms with Gasteiger partial charge in [-0.25, -0.2) is 9.74 Å². The summed E-state index contributed by atoms with van der Waals surface area (Å²) in [5.41, 5.74) is 0.323. The first-order valence-electron chi connectivity index (χ1n) is 3.22. The van der Waals surface area contributed by atoms with E-state index in [1.807, 2.05) is 6.92 Å². The van der Waals surface area contributed by atoms with Crippen LogP contribution in [0.3, 0.4) is 0 Å². The van der Waals surface area contributed by atoms with Crippen LogP contribution in [0.15, 0.2) is 11.6 Å². The average molecular weight is 146 g/mol. The minimum atomic E-state index is -0.895. The molecule has 2 nitrogen and oxygen atoms in total. The quantitative estimate of drug-likeness (QED) is 0.570. The molecular weight excluding hydrogens is 135 g/mol. The number of allylic oxidation sites excluding steroid dienone is 1. The Balaban J connectivity index is 3.80. The van der Waals surface area contributed by atoms with Crippen LogP contribution in [-0.2, 0) is 9.74 Å². The second-order valence-corrected chi connectivity index (χ2v) is 2.04. The van der Waals surface area contributed by atoms with Gasteiger partial charge in [0.25, 0.3) is 0 Å². The molecule has 0 amide bonds. The molecule has 0 rings (SSSR count). The molecule has 3 heteroatoms. The van der Waals surface area contributed by atoms with Crippen molar-refractivity contribution in [1.82, 2.24) is 0 Å². The summed E-state index contributed by atoms with van der Waals surface area (Å²) in [5, 5.41) is 0. The first-order valence-corrected chi connectivity index (χ1v) is 3.22. The molecule has 0 aliphatic rings. The van der Waals surface area contributed by atoms with E-state index in [2.05, 4.69) is 4.94 Å². The second kappa shape index (κ2) is 4.97. The number of unbranched alkanes of at least 4 members (excludes halogenated alkanes) is 1. The first kappa shape index (κ1) is 9.14. The minimum absolute atomic E-state index is 0.323. The summed E-state index contributed by atoms with van der Waals surface area (Å²) in [4.78, 5) is 13.4. The Bertz CT molecular complexity index is 141. The van der Waals surface area contributed by atoms with Gasteiger partial charge in [0.1, 0.15) is 0 Å². The van der Waals surface area contributed by atoms with Gasteiger partial charge in [-0.3, -0.25) is 0 Å². The van der Waals surface area contributed by atoms with E-state index >= 15 is 0 Å². The summed E-state index contributed by atoms with van der Waals surface area (Å²) in [6, 6.07) is 0. The van der Waals surface area contributed by atoms with Crippen molar-refractivity contribution in [2.75, 3.05) is 0 Å². The van der Waals surface area contributed by atoms with Gasteiger partial charge in [0.05, 0.1) is 0 Å². The minimum Gasteiger partial charge on any atom is -0.250 e. The fourth-order valence-corrected chi connectivity index (χ4v) is 0.505. The van der Waals surface area contributed by atoms with E-state index < -0.39 is 5.97 Å². The van der Waals surface area contributed by atoms with Crippen LogP contribution in [0.5, 0.6) is 0 Å². The molecule has 0 bridgehead atoms. The van der Waals surface area contributed by atoms with Crippen LogP contribution in [0, 0.1) is 0 Å². The lowest BCUT2D eigenvalue weighted by atomic mass is 10.2. The Morgan fingerprint density at radius 3 is 2.70 bits per heavy atom. The maximum absolute atomic E-state index is 11.2. The molecule has 0 radical (unpaired) electrons. The van der Waals surface area contributed by atoms with Crippen LogP contribution in [-0.4, -0.2) is 5.97 Å². The van der Waals surface area contributed by atoms with Gasteiger partial charge in [0.2, 0.25) is 0 Å². The maximum Gasteiger partial charge on any atom is 0.374 e. The molecular formula is C7H11FO2. The highest BCUT2D eigenvalue weighted by molar-refractivity contribution is 5.87. The van der Waals surface area contributed by atoms with Gasteiger partial charge in [-0.2, -0.15) is 0 Å². The zero-order valence-corrected chi connectivity index (χ0v) is 6.19. The lowest BCUT2D eigenvalue weighted by Gasteiger charge is -1.91. The fraction of sp³-hybridized carbons (Fsp3) is 0.571. The SMILES string of the molecule is CCCC=C(C)C(=O)OF. The molecule has 0 aliphatic carbocycles. The molecule has 0 saturated heterocycles. The molecule has 0 fully saturated rings. The number of rotatable bonds is 3. The highest BCUT2D eigenvalue weighted by atomic mass is 19.3. The van der Waals surface area contributed by atoms with Gasteiger partial charge < -0.3 is 0 Å². The Morgan fingerprint density at radius 2 is 2.30 bits per heavy atom. The van der Waals surface area contributed by atoms with Crippen molar-refractivity contribution in [2.45, 2.75) is 26.7 Å². The number of carbonyl (C=O) groups excluding carboxylic acids is 1. The standard InChI is InChI=1S/C7H11FO2/c1-3-4-5-6(2)7(9)10-8/h5H,3-4H2,1-2H3. The van der Waals surface area contributed by atoms with E-state index in [-0.39, 0.29) is 0 Å². The molecule has 0 unspecified atom stereocenters. The van der Waals surface area contributed by atoms with E-state index in [4.69, 9.17) is 0 Å². The monoisotopic (exact) mass is 146 g/mol. The molecule has 0 aromatic carbocycles. The Hall–Kier alpha value is -0.860. The van der Waals surface area contributed by atoms with Crippen LogP contribution in [0.25, 0.3) is 0 Å². The van der Waals surface area contributed by atoms with Crippen molar-refractivity contribution in [3.05, 3.63) is 11.6 Å². The molecule has 0 atom stereocenters. The number of hydrogen-bond acceptors (Lipinski definition) is 2. The number of carbonyl (C=O) groups is 1. The largest absolute Gasteiger partial charge is 0.374 e. The van der Waals surface area contributed by atoms with Crippen molar-refractivity contribution in [1.29, 1.82) is 0 Å². The number of halogens is 1. The van der Waals surface area contributed by atoms with Crippen LogP contribution in [0.4, 0.5) is 4.53 Å². The van der Waals surface area contributed by atoms with E-state index in [1.165, 1.54) is 6.92 Å². The van der Waals surface area contributed by atoms with E-state index in [9.17, 15) is 9.32 Å². The molecule has 0 aromatic heterocycles. The maximum atomic E-state index is 11.2. The zero-order valence-electron chi connectivity index (χ0n) is 6.19. The molecule has 58 valence electrons. The van der Waals surface area contributed by atoms with Crippen LogP contribution < -0.4 is 0 Å². The third-order valence-electron chi connectivity index (χ3n) is 1.13. The predicted molar refractivity (Wildman–Crippen MR) is 35.9 cm³/mol. The van der Waals surface area contributed by atoms with Crippen molar-refractivity contribution in [3.63, 3.8) is 0 Å². The van der Waals surface area contributed by atoms with Crippen LogP contribution in [0.2, 0.25) is 0 Å². The van der Waals surface area contributed by atoms with Gasteiger partial charge in [0.15, 0.2) is 0 Å². The molecule has 0 heterocycles. The number of hydrogen-bond donors (Lipinski definition) is 0. The predicted octanol–water partition coefficient (Wildman–Crippen LogP) is 2.16. The van der Waals surface area contributed by atoms with E-state index in [0.717, 1.165) is 12.8 Å². The van der Waals surface area contributed by atoms with E-state index in [0.29, 0.717) is 5.57 Å². The molecule has 0 N–H and O–H groups in total. The molecule has 0 aromatic rings. The highest BCUT2D eigenvalue weighted by Gasteiger charge is 2.03. The smallest absolute Gasteiger partial charge is 0.250 e. The van der Waals surface area contributed by atoms with Gasteiger partial charge in [-0.15, -0.1) is 0 Å². The third-order valence-corrected chi connectivity index (χ3v) is 1.13. The molecule has 10 heavy (non-hydrogen) atoms. The van der Waals surface area contributed by atoms with Crippen molar-refractivity contribution in [3.8, 4) is 0 Å². The van der Waals surface area contributed by atoms with Gasteiger partial charge >= 0.3 is 5.97 Å². The summed E-state index contributed by atoms with van der Waals surface area (Å²) in [5.74, 6) is -0.895. The summed E-state index contributed by atoms with van der Waals surface area (Å²) in [6.07, 6.45) is 3.37. The molecule has 0 aliphatic heterocycles. The van der Waals surface area contributed by atoms with Crippen molar-refractivity contribution >= 4 is 5.97 Å². The van der Waals surface area contributed by atoms with Gasteiger partial charge in [0, 0.05) is 10.1 Å². The fourth-order valence-electron chi connectivity index (χ4n) is 0.505. The normalized spacial score (nSPS) is 11.3. The van der Waals surface area contributed by atoms with Crippen LogP contribution in [0.1, 0.15) is 26.7 Å². The topological polar surface area (TPSA) is 26.3 Å². The Kier molecular flexibility index (Phi) is 4.54. The second-order valence-electron chi connectivity index (χ2n) is 2.04. The Morgan fingerprint density at radius 1 is 1.70 bits per heavy atom. The van der Waals surface area contributed by atoms with Crippen molar-refractivity contribution in [2.24, 2.45) is 0 Å². The summed E-state index contributed by atoms with van der Waals surface area (Å²) in [6.45, 7) is 3.50. The summed E-state index contributed by atoms with van der Waals surface area (Å²) >= 11 is 0. The zero-order chi connectivity index (χ0) is 7.98. The Labute approximate surface area is 59.6 Å². The lowest BCUT2D eigenvalue weighted by molar-refractivity contribution is -0.178. The molecule has 0 saturated carbocycles.